The van der Waals surface area contributed by atoms with E-state index in [1.165, 1.54) is 20.3 Å². The minimum absolute atomic E-state index is 0.0454. The van der Waals surface area contributed by atoms with Crippen LogP contribution in [0.1, 0.15) is 17.5 Å². The Labute approximate surface area is 99.0 Å². The summed E-state index contributed by atoms with van der Waals surface area (Å²) in [5.41, 5.74) is 1.31. The number of halogens is 1. The molecular weight excluding hydrogens is 227 g/mol. The molecule has 0 heterocycles. The Hall–Kier alpha value is -1.78. The van der Waals surface area contributed by atoms with Crippen molar-refractivity contribution in [1.29, 1.82) is 0 Å². The second-order valence-electron chi connectivity index (χ2n) is 3.60. The Balaban J connectivity index is 3.16. The summed E-state index contributed by atoms with van der Waals surface area (Å²) in [6.07, 6.45) is 0.216. The lowest BCUT2D eigenvalue weighted by Gasteiger charge is -2.14. The van der Waals surface area contributed by atoms with Gasteiger partial charge in [0.1, 0.15) is 0 Å². The van der Waals surface area contributed by atoms with Crippen LogP contribution in [0.15, 0.2) is 6.07 Å². The first-order valence-corrected chi connectivity index (χ1v) is 5.13. The second kappa shape index (κ2) is 5.52. The van der Waals surface area contributed by atoms with Gasteiger partial charge in [-0.25, -0.2) is 4.39 Å². The van der Waals surface area contributed by atoms with E-state index in [2.05, 4.69) is 0 Å². The molecule has 0 spiro atoms. The van der Waals surface area contributed by atoms with Crippen LogP contribution in [-0.4, -0.2) is 25.3 Å². The number of aryl methyl sites for hydroxylation is 1. The van der Waals surface area contributed by atoms with Gasteiger partial charge in [0, 0.05) is 6.42 Å². The van der Waals surface area contributed by atoms with E-state index in [1.807, 2.05) is 0 Å². The van der Waals surface area contributed by atoms with Gasteiger partial charge in [0.05, 0.1) is 14.2 Å². The van der Waals surface area contributed by atoms with E-state index in [-0.39, 0.29) is 18.6 Å². The molecule has 0 saturated carbocycles. The fraction of sp³-hybridized carbons (Fsp3) is 0.417. The smallest absolute Gasteiger partial charge is 0.303 e. The van der Waals surface area contributed by atoms with Crippen LogP contribution < -0.4 is 9.47 Å². The molecule has 1 N–H and O–H groups in total. The number of carbonyl (C=O) groups is 1. The molecule has 0 aliphatic heterocycles. The fourth-order valence-corrected chi connectivity index (χ4v) is 1.69. The normalized spacial score (nSPS) is 10.1. The SMILES string of the molecule is COc1c(F)cc(CCC(=O)O)c(C)c1OC. The van der Waals surface area contributed by atoms with Crippen molar-refractivity contribution in [2.75, 3.05) is 14.2 Å². The first-order chi connectivity index (χ1) is 8.01. The first kappa shape index (κ1) is 13.3. The quantitative estimate of drug-likeness (QED) is 0.859. The van der Waals surface area contributed by atoms with Crippen molar-refractivity contribution in [2.24, 2.45) is 0 Å². The number of benzene rings is 1. The molecule has 0 unspecified atom stereocenters. The molecule has 0 aliphatic rings. The molecule has 0 bridgehead atoms. The average Bonchev–Trinajstić information content (AvgIpc) is 2.28. The maximum Gasteiger partial charge on any atom is 0.303 e. The summed E-state index contributed by atoms with van der Waals surface area (Å²) in [6, 6.07) is 1.29. The highest BCUT2D eigenvalue weighted by Crippen LogP contribution is 2.36. The van der Waals surface area contributed by atoms with Crippen molar-refractivity contribution in [1.82, 2.24) is 0 Å². The van der Waals surface area contributed by atoms with Crippen molar-refractivity contribution in [3.8, 4) is 11.5 Å². The van der Waals surface area contributed by atoms with Crippen molar-refractivity contribution < 1.29 is 23.8 Å². The van der Waals surface area contributed by atoms with Crippen LogP contribution in [-0.2, 0) is 11.2 Å². The molecule has 4 nitrogen and oxygen atoms in total. The highest BCUT2D eigenvalue weighted by atomic mass is 19.1. The Bertz CT molecular complexity index is 429. The largest absolute Gasteiger partial charge is 0.492 e. The third kappa shape index (κ3) is 2.87. The van der Waals surface area contributed by atoms with E-state index in [4.69, 9.17) is 14.6 Å². The summed E-state index contributed by atoms with van der Waals surface area (Å²) >= 11 is 0. The topological polar surface area (TPSA) is 55.8 Å². The predicted octanol–water partition coefficient (Wildman–Crippen LogP) is 2.17. The van der Waals surface area contributed by atoms with E-state index in [0.717, 1.165) is 0 Å². The summed E-state index contributed by atoms with van der Waals surface area (Å²) in [6.45, 7) is 1.75. The van der Waals surface area contributed by atoms with Gasteiger partial charge in [-0.3, -0.25) is 4.79 Å². The van der Waals surface area contributed by atoms with Gasteiger partial charge < -0.3 is 14.6 Å². The van der Waals surface area contributed by atoms with Crippen LogP contribution in [0.25, 0.3) is 0 Å². The van der Waals surface area contributed by atoms with Crippen LogP contribution in [0.4, 0.5) is 4.39 Å². The Morgan fingerprint density at radius 1 is 1.35 bits per heavy atom. The number of ether oxygens (including phenoxy) is 2. The average molecular weight is 242 g/mol. The molecule has 0 saturated heterocycles. The first-order valence-electron chi connectivity index (χ1n) is 5.13. The highest BCUT2D eigenvalue weighted by molar-refractivity contribution is 5.67. The highest BCUT2D eigenvalue weighted by Gasteiger charge is 2.17. The summed E-state index contributed by atoms with van der Waals surface area (Å²) in [7, 11) is 2.78. The molecule has 5 heteroatoms. The van der Waals surface area contributed by atoms with Crippen molar-refractivity contribution in [3.05, 3.63) is 23.0 Å². The number of rotatable bonds is 5. The number of aliphatic carboxylic acids is 1. The van der Waals surface area contributed by atoms with Gasteiger partial charge >= 0.3 is 5.97 Å². The molecule has 0 aliphatic carbocycles. The van der Waals surface area contributed by atoms with E-state index in [1.54, 1.807) is 6.92 Å². The summed E-state index contributed by atoms with van der Waals surface area (Å²) in [5.74, 6) is -1.10. The third-order valence-electron chi connectivity index (χ3n) is 2.56. The lowest BCUT2D eigenvalue weighted by Crippen LogP contribution is -2.03. The molecular formula is C12H15FO4. The molecule has 1 rings (SSSR count). The van der Waals surface area contributed by atoms with E-state index < -0.39 is 11.8 Å². The van der Waals surface area contributed by atoms with Gasteiger partial charge in [-0.1, -0.05) is 0 Å². The minimum atomic E-state index is -0.917. The van der Waals surface area contributed by atoms with Gasteiger partial charge in [-0.15, -0.1) is 0 Å². The van der Waals surface area contributed by atoms with Crippen molar-refractivity contribution in [3.63, 3.8) is 0 Å². The van der Waals surface area contributed by atoms with Crippen molar-refractivity contribution >= 4 is 5.97 Å². The molecule has 17 heavy (non-hydrogen) atoms. The number of carboxylic acids is 1. The van der Waals surface area contributed by atoms with Gasteiger partial charge in [-0.2, -0.15) is 0 Å². The van der Waals surface area contributed by atoms with Crippen molar-refractivity contribution in [2.45, 2.75) is 19.8 Å². The predicted molar refractivity (Wildman–Crippen MR) is 60.2 cm³/mol. The number of methoxy groups -OCH3 is 2. The number of carboxylic acid groups (broad SMARTS) is 1. The second-order valence-corrected chi connectivity index (χ2v) is 3.60. The minimum Gasteiger partial charge on any atom is -0.492 e. The molecule has 0 radical (unpaired) electrons. The summed E-state index contributed by atoms with van der Waals surface area (Å²) in [4.78, 5) is 10.5. The number of hydrogen-bond donors (Lipinski definition) is 1. The van der Waals surface area contributed by atoms with Gasteiger partial charge in [0.15, 0.2) is 17.3 Å². The van der Waals surface area contributed by atoms with Crippen LogP contribution >= 0.6 is 0 Å². The maximum absolute atomic E-state index is 13.6. The van der Waals surface area contributed by atoms with Crippen LogP contribution in [0.3, 0.4) is 0 Å². The summed E-state index contributed by atoms with van der Waals surface area (Å²) in [5, 5.41) is 8.61. The molecule has 0 atom stereocenters. The van der Waals surface area contributed by atoms with Crippen LogP contribution in [0, 0.1) is 12.7 Å². The van der Waals surface area contributed by atoms with Gasteiger partial charge in [0.25, 0.3) is 0 Å². The number of hydrogen-bond acceptors (Lipinski definition) is 3. The van der Waals surface area contributed by atoms with Crippen LogP contribution in [0.2, 0.25) is 0 Å². The van der Waals surface area contributed by atoms with Gasteiger partial charge in [-0.05, 0) is 30.5 Å². The molecule has 1 aromatic carbocycles. The fourth-order valence-electron chi connectivity index (χ4n) is 1.69. The Morgan fingerprint density at radius 3 is 2.41 bits per heavy atom. The lowest BCUT2D eigenvalue weighted by molar-refractivity contribution is -0.136. The third-order valence-corrected chi connectivity index (χ3v) is 2.56. The standard InChI is InChI=1S/C12H15FO4/c1-7-8(4-5-10(14)15)6-9(13)12(17-3)11(7)16-2/h6H,4-5H2,1-3H3,(H,14,15). The zero-order chi connectivity index (χ0) is 13.0. The maximum atomic E-state index is 13.6. The zero-order valence-electron chi connectivity index (χ0n) is 10.0. The van der Waals surface area contributed by atoms with Gasteiger partial charge in [0.2, 0.25) is 0 Å². The monoisotopic (exact) mass is 242 g/mol. The Kier molecular flexibility index (Phi) is 4.31. The summed E-state index contributed by atoms with van der Waals surface area (Å²) < 4.78 is 23.6. The van der Waals surface area contributed by atoms with E-state index >= 15 is 0 Å². The van der Waals surface area contributed by atoms with E-state index in [9.17, 15) is 9.18 Å². The zero-order valence-corrected chi connectivity index (χ0v) is 10.0. The molecule has 1 aromatic rings. The Morgan fingerprint density at radius 2 is 1.94 bits per heavy atom. The molecule has 0 amide bonds. The molecule has 0 fully saturated rings. The molecule has 0 aromatic heterocycles. The van der Waals surface area contributed by atoms with E-state index in [0.29, 0.717) is 16.9 Å². The van der Waals surface area contributed by atoms with Crippen LogP contribution in [0.5, 0.6) is 11.5 Å². The lowest BCUT2D eigenvalue weighted by atomic mass is 10.0. The molecule has 94 valence electrons.